The van der Waals surface area contributed by atoms with Crippen LogP contribution in [0.5, 0.6) is 0 Å². The number of amides is 1. The van der Waals surface area contributed by atoms with Gasteiger partial charge in [-0.25, -0.2) is 0 Å². The second kappa shape index (κ2) is 5.40. The second-order valence-electron chi connectivity index (χ2n) is 5.79. The number of carbonyl (C=O) groups excluding carboxylic acids is 1. The largest absolute Gasteiger partial charge is 0.399 e. The molecule has 0 aromatic heterocycles. The van der Waals surface area contributed by atoms with Crippen molar-refractivity contribution in [3.8, 4) is 0 Å². The first-order valence-corrected chi connectivity index (χ1v) is 8.32. The zero-order valence-electron chi connectivity index (χ0n) is 12.0. The number of anilines is 1. The maximum Gasteiger partial charge on any atom is 0.399 e. The molecular weight excluding hydrogens is 463 g/mol. The lowest BCUT2D eigenvalue weighted by Gasteiger charge is -2.31. The molecule has 0 aliphatic carbocycles. The molecule has 3 atom stereocenters. The van der Waals surface area contributed by atoms with Gasteiger partial charge in [-0.05, 0) is 35.1 Å². The van der Waals surface area contributed by atoms with Crippen LogP contribution in [-0.4, -0.2) is 41.5 Å². The zero-order chi connectivity index (χ0) is 18.0. The number of alkyl halides is 3. The maximum absolute atomic E-state index is 13.4. The summed E-state index contributed by atoms with van der Waals surface area (Å²) in [5, 5.41) is 14.1. The Bertz CT molecular complexity index is 758. The molecule has 2 heterocycles. The van der Waals surface area contributed by atoms with Crippen molar-refractivity contribution >= 4 is 43.5 Å². The highest BCUT2D eigenvalue weighted by Crippen LogP contribution is 2.54. The van der Waals surface area contributed by atoms with E-state index in [1.54, 1.807) is 6.07 Å². The van der Waals surface area contributed by atoms with Gasteiger partial charge < -0.3 is 5.32 Å². The van der Waals surface area contributed by atoms with Crippen LogP contribution < -0.4 is 5.32 Å². The molecule has 11 heteroatoms. The smallest absolute Gasteiger partial charge is 0.323 e. The van der Waals surface area contributed by atoms with Gasteiger partial charge in [0, 0.05) is 26.0 Å². The number of likely N-dealkylation sites (tertiary alicyclic amines) is 1. The van der Waals surface area contributed by atoms with Crippen LogP contribution in [0.15, 0.2) is 21.1 Å². The van der Waals surface area contributed by atoms with Crippen molar-refractivity contribution in [2.24, 2.45) is 5.92 Å². The van der Waals surface area contributed by atoms with E-state index < -0.39 is 41.1 Å². The average Bonchev–Trinajstić information content (AvgIpc) is 2.89. The van der Waals surface area contributed by atoms with Gasteiger partial charge in [0.1, 0.15) is 5.92 Å². The van der Waals surface area contributed by atoms with Crippen LogP contribution in [-0.2, 0) is 10.3 Å². The first-order valence-electron chi connectivity index (χ1n) is 6.73. The molecule has 0 bridgehead atoms. The monoisotopic (exact) mass is 471 g/mol. The molecule has 0 unspecified atom stereocenters. The topological polar surface area (TPSA) is 75.5 Å². The predicted octanol–water partition coefficient (Wildman–Crippen LogP) is 3.13. The predicted molar refractivity (Wildman–Crippen MR) is 85.1 cm³/mol. The van der Waals surface area contributed by atoms with Crippen molar-refractivity contribution in [1.82, 2.24) is 4.90 Å². The Morgan fingerprint density at radius 2 is 2.04 bits per heavy atom. The number of hydrogen-bond donors (Lipinski definition) is 1. The fraction of sp³-hybridized carbons (Fsp3) is 0.462. The molecule has 1 fully saturated rings. The highest BCUT2D eigenvalue weighted by Gasteiger charge is 2.73. The van der Waals surface area contributed by atoms with E-state index in [0.717, 1.165) is 4.90 Å². The molecule has 0 saturated carbocycles. The van der Waals surface area contributed by atoms with E-state index in [0.29, 0.717) is 8.95 Å². The summed E-state index contributed by atoms with van der Waals surface area (Å²) in [6.07, 6.45) is -4.79. The summed E-state index contributed by atoms with van der Waals surface area (Å²) in [4.78, 5) is 24.4. The SMILES string of the molecule is CN1C[C@@H](C(F)(F)F)[C@H]([N+](=O)[O-])[C@@]12C(=O)Nc1c(Br)cc(Br)cc12. The number of likely N-dealkylation sites (N-methyl/N-ethyl adjacent to an activating group) is 1. The highest BCUT2D eigenvalue weighted by molar-refractivity contribution is 9.11. The van der Waals surface area contributed by atoms with Gasteiger partial charge in [0.2, 0.25) is 0 Å². The van der Waals surface area contributed by atoms with Gasteiger partial charge in [0.15, 0.2) is 5.54 Å². The number of hydrogen-bond acceptors (Lipinski definition) is 4. The summed E-state index contributed by atoms with van der Waals surface area (Å²) in [5.74, 6) is -3.07. The average molecular weight is 473 g/mol. The Kier molecular flexibility index (Phi) is 3.96. The van der Waals surface area contributed by atoms with Crippen molar-refractivity contribution in [3.63, 3.8) is 0 Å². The molecule has 1 amide bonds. The zero-order valence-corrected chi connectivity index (χ0v) is 15.2. The molecule has 1 aromatic rings. The van der Waals surface area contributed by atoms with Crippen molar-refractivity contribution < 1.29 is 22.9 Å². The van der Waals surface area contributed by atoms with Gasteiger partial charge in [0.05, 0.1) is 5.69 Å². The number of carbonyl (C=O) groups is 1. The van der Waals surface area contributed by atoms with E-state index in [4.69, 9.17) is 0 Å². The lowest BCUT2D eigenvalue weighted by molar-refractivity contribution is -0.546. The van der Waals surface area contributed by atoms with Crippen LogP contribution in [0, 0.1) is 16.0 Å². The summed E-state index contributed by atoms with van der Waals surface area (Å²) in [5.41, 5.74) is -1.60. The summed E-state index contributed by atoms with van der Waals surface area (Å²) >= 11 is 6.45. The third-order valence-corrected chi connectivity index (χ3v) is 5.66. The number of nitrogens with zero attached hydrogens (tertiary/aromatic N) is 2. The fourth-order valence-corrected chi connectivity index (χ4v) is 4.97. The van der Waals surface area contributed by atoms with E-state index in [-0.39, 0.29) is 11.3 Å². The second-order valence-corrected chi connectivity index (χ2v) is 7.56. The van der Waals surface area contributed by atoms with E-state index >= 15 is 0 Å². The molecular formula is C13H10Br2F3N3O3. The van der Waals surface area contributed by atoms with E-state index in [1.807, 2.05) is 0 Å². The summed E-state index contributed by atoms with van der Waals surface area (Å²) in [6, 6.07) is 0.920. The highest BCUT2D eigenvalue weighted by atomic mass is 79.9. The molecule has 2 aliphatic heterocycles. The van der Waals surface area contributed by atoms with E-state index in [2.05, 4.69) is 37.2 Å². The molecule has 6 nitrogen and oxygen atoms in total. The van der Waals surface area contributed by atoms with Crippen LogP contribution in [0.2, 0.25) is 0 Å². The molecule has 1 N–H and O–H groups in total. The fourth-order valence-electron chi connectivity index (χ4n) is 3.64. The first kappa shape index (κ1) is 17.6. The summed E-state index contributed by atoms with van der Waals surface area (Å²) < 4.78 is 41.0. The van der Waals surface area contributed by atoms with Crippen LogP contribution >= 0.6 is 31.9 Å². The number of nitro groups is 1. The standard InChI is InChI=1S/C13H10Br2F3N3O3/c1-20-4-7(13(16,17)18)10(21(23)24)12(20)6-2-5(14)3-8(15)9(6)19-11(12)22/h2-3,7,10H,4H2,1H3,(H,19,22)/t7-,10+,12+/m1/s1. The molecule has 2 aliphatic rings. The van der Waals surface area contributed by atoms with Crippen LogP contribution in [0.25, 0.3) is 0 Å². The number of halogens is 5. The minimum Gasteiger partial charge on any atom is -0.323 e. The third-order valence-electron chi connectivity index (χ3n) is 4.58. The van der Waals surface area contributed by atoms with Gasteiger partial charge in [-0.3, -0.25) is 19.8 Å². The van der Waals surface area contributed by atoms with Crippen molar-refractivity contribution in [2.45, 2.75) is 17.8 Å². The van der Waals surface area contributed by atoms with Gasteiger partial charge in [-0.1, -0.05) is 15.9 Å². The van der Waals surface area contributed by atoms with Gasteiger partial charge in [-0.2, -0.15) is 13.2 Å². The molecule has 130 valence electrons. The maximum atomic E-state index is 13.4. The van der Waals surface area contributed by atoms with Gasteiger partial charge in [-0.15, -0.1) is 0 Å². The molecule has 24 heavy (non-hydrogen) atoms. The number of rotatable bonds is 1. The van der Waals surface area contributed by atoms with Crippen molar-refractivity contribution in [2.75, 3.05) is 18.9 Å². The molecule has 3 rings (SSSR count). The van der Waals surface area contributed by atoms with Crippen molar-refractivity contribution in [3.05, 3.63) is 36.8 Å². The number of benzene rings is 1. The normalized spacial score (nSPS) is 29.8. The van der Waals surface area contributed by atoms with Gasteiger partial charge >= 0.3 is 6.18 Å². The number of fused-ring (bicyclic) bond motifs is 2. The summed E-state index contributed by atoms with van der Waals surface area (Å²) in [6.45, 7) is -0.633. The third kappa shape index (κ3) is 2.21. The Labute approximate surface area is 150 Å². The van der Waals surface area contributed by atoms with E-state index in [1.165, 1.54) is 13.1 Å². The lowest BCUT2D eigenvalue weighted by Crippen LogP contribution is -2.55. The van der Waals surface area contributed by atoms with Crippen LogP contribution in [0.4, 0.5) is 18.9 Å². The Balaban J connectivity index is 2.30. The lowest BCUT2D eigenvalue weighted by atomic mass is 9.81. The Hall–Kier alpha value is -1.20. The Morgan fingerprint density at radius 1 is 1.42 bits per heavy atom. The quantitative estimate of drug-likeness (QED) is 0.503. The van der Waals surface area contributed by atoms with Crippen LogP contribution in [0.3, 0.4) is 0 Å². The minimum atomic E-state index is -4.79. The molecule has 1 saturated heterocycles. The molecule has 1 aromatic carbocycles. The minimum absolute atomic E-state index is 0.157. The van der Waals surface area contributed by atoms with Crippen molar-refractivity contribution in [1.29, 1.82) is 0 Å². The van der Waals surface area contributed by atoms with Crippen LogP contribution in [0.1, 0.15) is 5.56 Å². The van der Waals surface area contributed by atoms with E-state index in [9.17, 15) is 28.1 Å². The number of nitrogens with one attached hydrogen (secondary N) is 1. The first-order chi connectivity index (χ1) is 11.0. The molecule has 1 spiro atoms. The van der Waals surface area contributed by atoms with Gasteiger partial charge in [0.25, 0.3) is 11.9 Å². The molecule has 0 radical (unpaired) electrons. The Morgan fingerprint density at radius 3 is 2.58 bits per heavy atom. The summed E-state index contributed by atoms with van der Waals surface area (Å²) in [7, 11) is 1.30.